The van der Waals surface area contributed by atoms with Crippen LogP contribution in [0.25, 0.3) is 16.8 Å². The minimum absolute atomic E-state index is 0.0164. The minimum atomic E-state index is -4.85. The number of halogens is 3. The molecule has 0 aliphatic heterocycles. The van der Waals surface area contributed by atoms with Crippen molar-refractivity contribution in [2.24, 2.45) is 5.14 Å². The Morgan fingerprint density at radius 1 is 1.08 bits per heavy atom. The van der Waals surface area contributed by atoms with Crippen molar-refractivity contribution in [3.63, 3.8) is 0 Å². The monoisotopic (exact) mass is 383 g/mol. The van der Waals surface area contributed by atoms with E-state index in [-0.39, 0.29) is 16.9 Å². The van der Waals surface area contributed by atoms with Gasteiger partial charge in [-0.2, -0.15) is 18.3 Å². The fourth-order valence-corrected chi connectivity index (χ4v) is 3.26. The molecule has 0 unspecified atom stereocenters. The van der Waals surface area contributed by atoms with E-state index in [1.54, 1.807) is 0 Å². The molecular formula is C16H12F3N3O3S. The van der Waals surface area contributed by atoms with Crippen LogP contribution in [0.2, 0.25) is 0 Å². The molecule has 1 aromatic heterocycles. The van der Waals surface area contributed by atoms with Crippen LogP contribution in [0.5, 0.6) is 5.75 Å². The Morgan fingerprint density at radius 3 is 2.23 bits per heavy atom. The molecule has 3 aromatic rings. The van der Waals surface area contributed by atoms with E-state index in [0.29, 0.717) is 0 Å². The second kappa shape index (κ2) is 6.15. The third kappa shape index (κ3) is 3.41. The lowest BCUT2D eigenvalue weighted by Crippen LogP contribution is -2.20. The SMILES string of the molecule is NS(=O)(=O)c1cc(-c2ccc(O)cc2)cc(C(F)(F)F)c1-n1cccn1. The maximum Gasteiger partial charge on any atom is 0.418 e. The first-order chi connectivity index (χ1) is 12.1. The van der Waals surface area contributed by atoms with Crippen LogP contribution in [0.15, 0.2) is 59.8 Å². The molecule has 10 heteroatoms. The van der Waals surface area contributed by atoms with E-state index in [1.165, 1.54) is 42.7 Å². The van der Waals surface area contributed by atoms with Gasteiger partial charge in [0, 0.05) is 12.4 Å². The van der Waals surface area contributed by atoms with E-state index < -0.39 is 32.3 Å². The topological polar surface area (TPSA) is 98.2 Å². The van der Waals surface area contributed by atoms with Crippen molar-refractivity contribution in [2.45, 2.75) is 11.1 Å². The first kappa shape index (κ1) is 18.0. The molecule has 0 atom stereocenters. The van der Waals surface area contributed by atoms with Gasteiger partial charge in [0.2, 0.25) is 10.0 Å². The molecule has 0 saturated carbocycles. The summed E-state index contributed by atoms with van der Waals surface area (Å²) in [5.41, 5.74) is -1.61. The Bertz CT molecular complexity index is 1040. The average Bonchev–Trinajstić information content (AvgIpc) is 3.07. The number of rotatable bonds is 3. The molecule has 6 nitrogen and oxygen atoms in total. The molecule has 0 radical (unpaired) electrons. The zero-order valence-electron chi connectivity index (χ0n) is 13.0. The van der Waals surface area contributed by atoms with Crippen LogP contribution >= 0.6 is 0 Å². The van der Waals surface area contributed by atoms with Crippen LogP contribution in [0.3, 0.4) is 0 Å². The largest absolute Gasteiger partial charge is 0.508 e. The molecule has 136 valence electrons. The summed E-state index contributed by atoms with van der Waals surface area (Å²) in [7, 11) is -4.49. The number of alkyl halides is 3. The number of phenols is 1. The highest BCUT2D eigenvalue weighted by molar-refractivity contribution is 7.89. The number of benzene rings is 2. The van der Waals surface area contributed by atoms with Crippen LogP contribution < -0.4 is 5.14 Å². The lowest BCUT2D eigenvalue weighted by atomic mass is 10.0. The summed E-state index contributed by atoms with van der Waals surface area (Å²) < 4.78 is 65.8. The highest BCUT2D eigenvalue weighted by Crippen LogP contribution is 2.40. The minimum Gasteiger partial charge on any atom is -0.508 e. The van der Waals surface area contributed by atoms with Gasteiger partial charge in [0.15, 0.2) is 0 Å². The second-order valence-corrected chi connectivity index (χ2v) is 6.94. The number of hydrogen-bond acceptors (Lipinski definition) is 4. The molecule has 0 spiro atoms. The van der Waals surface area contributed by atoms with Gasteiger partial charge >= 0.3 is 6.18 Å². The van der Waals surface area contributed by atoms with Gasteiger partial charge in [-0.3, -0.25) is 0 Å². The van der Waals surface area contributed by atoms with Gasteiger partial charge in [0.25, 0.3) is 0 Å². The van der Waals surface area contributed by atoms with Crippen molar-refractivity contribution in [1.29, 1.82) is 0 Å². The molecule has 3 rings (SSSR count). The number of hydrogen-bond donors (Lipinski definition) is 2. The standard InChI is InChI=1S/C16H12F3N3O3S/c17-16(18,19)13-8-11(10-2-4-12(23)5-3-10)9-14(26(20,24)25)15(13)22-7-1-6-21-22/h1-9,23H,(H2,20,24,25). The van der Waals surface area contributed by atoms with Crippen LogP contribution in [0, 0.1) is 0 Å². The summed E-state index contributed by atoms with van der Waals surface area (Å²) in [4.78, 5) is -0.709. The third-order valence-electron chi connectivity index (χ3n) is 3.62. The van der Waals surface area contributed by atoms with E-state index in [2.05, 4.69) is 5.10 Å². The summed E-state index contributed by atoms with van der Waals surface area (Å²) in [5.74, 6) is -0.0791. The first-order valence-electron chi connectivity index (χ1n) is 7.15. The predicted molar refractivity (Wildman–Crippen MR) is 87.0 cm³/mol. The Hall–Kier alpha value is -2.85. The fourth-order valence-electron chi connectivity index (χ4n) is 2.50. The number of aromatic hydroxyl groups is 1. The number of sulfonamides is 1. The summed E-state index contributed by atoms with van der Waals surface area (Å²) in [5, 5.41) is 18.2. The number of nitrogens with zero attached hydrogens (tertiary/aromatic N) is 2. The normalized spacial score (nSPS) is 12.3. The number of primary sulfonamides is 1. The molecule has 0 saturated heterocycles. The van der Waals surface area contributed by atoms with Crippen molar-refractivity contribution >= 4 is 10.0 Å². The van der Waals surface area contributed by atoms with Gasteiger partial charge in [0.1, 0.15) is 10.6 Å². The molecule has 3 N–H and O–H groups in total. The molecule has 2 aromatic carbocycles. The molecule has 0 fully saturated rings. The zero-order valence-corrected chi connectivity index (χ0v) is 13.8. The maximum absolute atomic E-state index is 13.7. The zero-order chi connectivity index (χ0) is 19.1. The molecule has 0 aliphatic rings. The van der Waals surface area contributed by atoms with Gasteiger partial charge in [-0.15, -0.1) is 0 Å². The van der Waals surface area contributed by atoms with Crippen LogP contribution in [-0.2, 0) is 16.2 Å². The summed E-state index contributed by atoms with van der Waals surface area (Å²) >= 11 is 0. The lowest BCUT2D eigenvalue weighted by molar-refractivity contribution is -0.137. The Labute approximate surface area is 146 Å². The Balaban J connectivity index is 2.40. The summed E-state index contributed by atoms with van der Waals surface area (Å²) in [6.07, 6.45) is -2.44. The molecule has 0 aliphatic carbocycles. The average molecular weight is 383 g/mol. The van der Waals surface area contributed by atoms with Crippen molar-refractivity contribution in [1.82, 2.24) is 9.78 Å². The number of aromatic nitrogens is 2. The molecule has 26 heavy (non-hydrogen) atoms. The van der Waals surface area contributed by atoms with E-state index in [0.717, 1.165) is 16.8 Å². The lowest BCUT2D eigenvalue weighted by Gasteiger charge is -2.18. The Kier molecular flexibility index (Phi) is 4.24. The quantitative estimate of drug-likeness (QED) is 0.727. The second-order valence-electron chi connectivity index (χ2n) is 5.41. The Morgan fingerprint density at radius 2 is 1.73 bits per heavy atom. The van der Waals surface area contributed by atoms with E-state index in [1.807, 2.05) is 0 Å². The third-order valence-corrected chi connectivity index (χ3v) is 4.55. The van der Waals surface area contributed by atoms with E-state index >= 15 is 0 Å². The first-order valence-corrected chi connectivity index (χ1v) is 8.69. The summed E-state index contributed by atoms with van der Waals surface area (Å²) in [6, 6.07) is 8.52. The molecule has 1 heterocycles. The van der Waals surface area contributed by atoms with Gasteiger partial charge < -0.3 is 5.11 Å². The van der Waals surface area contributed by atoms with Crippen LogP contribution in [0.1, 0.15) is 5.56 Å². The van der Waals surface area contributed by atoms with Crippen LogP contribution in [0.4, 0.5) is 13.2 Å². The molecule has 0 bridgehead atoms. The van der Waals surface area contributed by atoms with Crippen molar-refractivity contribution in [2.75, 3.05) is 0 Å². The van der Waals surface area contributed by atoms with Gasteiger partial charge in [-0.1, -0.05) is 12.1 Å². The van der Waals surface area contributed by atoms with Crippen molar-refractivity contribution < 1.29 is 26.7 Å². The van der Waals surface area contributed by atoms with Crippen molar-refractivity contribution in [3.05, 3.63) is 60.4 Å². The number of nitrogens with two attached hydrogens (primary N) is 1. The maximum atomic E-state index is 13.7. The van der Waals surface area contributed by atoms with Gasteiger partial charge in [0.05, 0.1) is 11.3 Å². The number of phenolic OH excluding ortho intramolecular Hbond substituents is 1. The molecular weight excluding hydrogens is 371 g/mol. The summed E-state index contributed by atoms with van der Waals surface area (Å²) in [6.45, 7) is 0. The van der Waals surface area contributed by atoms with Crippen molar-refractivity contribution in [3.8, 4) is 22.6 Å². The van der Waals surface area contributed by atoms with E-state index in [9.17, 15) is 26.7 Å². The smallest absolute Gasteiger partial charge is 0.418 e. The van der Waals surface area contributed by atoms with Gasteiger partial charge in [-0.05, 0) is 41.5 Å². The van der Waals surface area contributed by atoms with Gasteiger partial charge in [-0.25, -0.2) is 18.2 Å². The molecule has 0 amide bonds. The predicted octanol–water partition coefficient (Wildman–Crippen LogP) is 2.91. The highest BCUT2D eigenvalue weighted by atomic mass is 32.2. The van der Waals surface area contributed by atoms with E-state index in [4.69, 9.17) is 5.14 Å². The van der Waals surface area contributed by atoms with Crippen LogP contribution in [-0.4, -0.2) is 23.3 Å². The fraction of sp³-hybridized carbons (Fsp3) is 0.0625. The highest BCUT2D eigenvalue weighted by Gasteiger charge is 2.37.